The number of benzene rings is 1. The number of carbonyl (C=O) groups is 1. The van der Waals surface area contributed by atoms with Crippen LogP contribution in [0.1, 0.15) is 56.6 Å². The fourth-order valence-electron chi connectivity index (χ4n) is 5.36. The van der Waals surface area contributed by atoms with Gasteiger partial charge in [-0.05, 0) is 75.0 Å². The number of rotatable bonds is 6. The Kier molecular flexibility index (Phi) is 6.48. The van der Waals surface area contributed by atoms with Gasteiger partial charge in [0.2, 0.25) is 5.91 Å². The van der Waals surface area contributed by atoms with Crippen LogP contribution in [0, 0.1) is 31.6 Å². The van der Waals surface area contributed by atoms with Gasteiger partial charge >= 0.3 is 0 Å². The van der Waals surface area contributed by atoms with Crippen LogP contribution < -0.4 is 10.2 Å². The van der Waals surface area contributed by atoms with E-state index in [1.54, 1.807) is 0 Å². The summed E-state index contributed by atoms with van der Waals surface area (Å²) >= 11 is 0. The summed E-state index contributed by atoms with van der Waals surface area (Å²) in [5, 5.41) is 3.37. The van der Waals surface area contributed by atoms with Crippen molar-refractivity contribution in [3.05, 3.63) is 29.3 Å². The van der Waals surface area contributed by atoms with E-state index in [0.29, 0.717) is 17.9 Å². The lowest BCUT2D eigenvalue weighted by atomic mass is 9.84. The van der Waals surface area contributed by atoms with E-state index < -0.39 is 0 Å². The Labute approximate surface area is 177 Å². The first-order valence-electron chi connectivity index (χ1n) is 11.9. The van der Waals surface area contributed by atoms with E-state index in [0.717, 1.165) is 45.1 Å². The number of amides is 1. The molecule has 1 heterocycles. The second-order valence-electron chi connectivity index (χ2n) is 9.81. The van der Waals surface area contributed by atoms with Crippen LogP contribution in [0.15, 0.2) is 18.2 Å². The van der Waals surface area contributed by atoms with Crippen LogP contribution in [0.4, 0.5) is 5.69 Å². The smallest absolute Gasteiger partial charge is 0.223 e. The molecule has 4 rings (SSSR count). The van der Waals surface area contributed by atoms with Crippen molar-refractivity contribution in [3.63, 3.8) is 0 Å². The molecule has 1 aromatic carbocycles. The maximum atomic E-state index is 12.6. The third-order valence-corrected chi connectivity index (χ3v) is 7.60. The van der Waals surface area contributed by atoms with Crippen molar-refractivity contribution in [1.82, 2.24) is 10.2 Å². The fourth-order valence-corrected chi connectivity index (χ4v) is 5.36. The molecule has 0 aromatic heterocycles. The quantitative estimate of drug-likeness (QED) is 0.783. The molecule has 2 atom stereocenters. The van der Waals surface area contributed by atoms with Gasteiger partial charge in [-0.3, -0.25) is 9.69 Å². The molecule has 29 heavy (non-hydrogen) atoms. The maximum Gasteiger partial charge on any atom is 0.223 e. The fraction of sp³-hybridized carbons (Fsp3) is 0.720. The second-order valence-corrected chi connectivity index (χ2v) is 9.81. The van der Waals surface area contributed by atoms with Gasteiger partial charge in [0.1, 0.15) is 0 Å². The number of aryl methyl sites for hydroxylation is 2. The highest BCUT2D eigenvalue weighted by Gasteiger charge is 2.44. The third-order valence-electron chi connectivity index (χ3n) is 7.60. The van der Waals surface area contributed by atoms with E-state index in [4.69, 9.17) is 0 Å². The van der Waals surface area contributed by atoms with Gasteiger partial charge in [0.15, 0.2) is 0 Å². The predicted molar refractivity (Wildman–Crippen MR) is 120 cm³/mol. The van der Waals surface area contributed by atoms with Crippen molar-refractivity contribution >= 4 is 11.6 Å². The molecular formula is C25H39N3O. The first-order valence-corrected chi connectivity index (χ1v) is 11.9. The molecule has 0 spiro atoms. The molecule has 0 unspecified atom stereocenters. The van der Waals surface area contributed by atoms with Crippen LogP contribution in [0.3, 0.4) is 0 Å². The number of piperazine rings is 1. The lowest BCUT2D eigenvalue weighted by Gasteiger charge is -2.37. The average Bonchev–Trinajstić information content (AvgIpc) is 3.50. The Bertz CT molecular complexity index is 702. The Morgan fingerprint density at radius 2 is 1.79 bits per heavy atom. The van der Waals surface area contributed by atoms with Gasteiger partial charge in [0, 0.05) is 50.4 Å². The molecule has 160 valence electrons. The van der Waals surface area contributed by atoms with Crippen molar-refractivity contribution in [2.24, 2.45) is 17.8 Å². The van der Waals surface area contributed by atoms with Gasteiger partial charge < -0.3 is 10.2 Å². The predicted octanol–water partition coefficient (Wildman–Crippen LogP) is 4.15. The van der Waals surface area contributed by atoms with Gasteiger partial charge in [-0.2, -0.15) is 0 Å². The molecule has 2 saturated carbocycles. The summed E-state index contributed by atoms with van der Waals surface area (Å²) in [6, 6.07) is 7.19. The Hall–Kier alpha value is -1.55. The molecule has 1 aromatic rings. The van der Waals surface area contributed by atoms with Crippen molar-refractivity contribution < 1.29 is 4.79 Å². The Balaban J connectivity index is 1.18. The highest BCUT2D eigenvalue weighted by molar-refractivity contribution is 5.81. The molecule has 1 amide bonds. The highest BCUT2D eigenvalue weighted by atomic mass is 16.2. The molecule has 1 N–H and O–H groups in total. The average molecular weight is 398 g/mol. The minimum absolute atomic E-state index is 0.274. The van der Waals surface area contributed by atoms with Crippen molar-refractivity contribution in [3.8, 4) is 0 Å². The minimum atomic E-state index is 0.274. The summed E-state index contributed by atoms with van der Waals surface area (Å²) in [7, 11) is 0. The molecule has 4 nitrogen and oxygen atoms in total. The van der Waals surface area contributed by atoms with E-state index in [1.165, 1.54) is 48.9 Å². The molecule has 4 heteroatoms. The van der Waals surface area contributed by atoms with Crippen LogP contribution in [0.5, 0.6) is 0 Å². The largest absolute Gasteiger partial charge is 0.369 e. The molecule has 0 radical (unpaired) electrons. The maximum absolute atomic E-state index is 12.6. The van der Waals surface area contributed by atoms with Gasteiger partial charge in [0.05, 0.1) is 0 Å². The highest BCUT2D eigenvalue weighted by Crippen LogP contribution is 2.40. The van der Waals surface area contributed by atoms with Crippen molar-refractivity contribution in [2.75, 3.05) is 37.6 Å². The van der Waals surface area contributed by atoms with Gasteiger partial charge in [-0.25, -0.2) is 0 Å². The normalized spacial score (nSPS) is 30.2. The SMILES string of the molecule is CCC1CCC(NC(=O)[C@@H]2C[C@H]2CN2CCN(c3cc(C)ccc3C)CC2)CC1. The molecular weight excluding hydrogens is 358 g/mol. The molecule has 1 aliphatic heterocycles. The Morgan fingerprint density at radius 3 is 2.48 bits per heavy atom. The van der Waals surface area contributed by atoms with Crippen LogP contribution in [-0.2, 0) is 4.79 Å². The van der Waals surface area contributed by atoms with E-state index in [1.807, 2.05) is 0 Å². The zero-order chi connectivity index (χ0) is 20.4. The molecule has 2 aliphatic carbocycles. The summed E-state index contributed by atoms with van der Waals surface area (Å²) < 4.78 is 0. The number of anilines is 1. The lowest BCUT2D eigenvalue weighted by molar-refractivity contribution is -0.123. The number of carbonyl (C=O) groups excluding carboxylic acids is 1. The minimum Gasteiger partial charge on any atom is -0.369 e. The molecule has 1 saturated heterocycles. The standard InChI is InChI=1S/C25H39N3O/c1-4-20-7-9-22(10-8-20)26-25(29)23-16-21(23)17-27-11-13-28(14-12-27)24-15-18(2)5-6-19(24)3/h5-6,15,20-23H,4,7-14,16-17H2,1-3H3,(H,26,29)/t20?,21-,22?,23+/m0/s1. The van der Waals surface area contributed by atoms with Gasteiger partial charge in [-0.15, -0.1) is 0 Å². The zero-order valence-corrected chi connectivity index (χ0v) is 18.6. The van der Waals surface area contributed by atoms with Crippen LogP contribution >= 0.6 is 0 Å². The van der Waals surface area contributed by atoms with Crippen molar-refractivity contribution in [2.45, 2.75) is 65.3 Å². The van der Waals surface area contributed by atoms with Crippen LogP contribution in [0.2, 0.25) is 0 Å². The second kappa shape index (κ2) is 9.07. The summed E-state index contributed by atoms with van der Waals surface area (Å²) in [6.07, 6.45) is 7.33. The van der Waals surface area contributed by atoms with E-state index in [-0.39, 0.29) is 5.92 Å². The summed E-state index contributed by atoms with van der Waals surface area (Å²) in [4.78, 5) is 17.8. The summed E-state index contributed by atoms with van der Waals surface area (Å²) in [6.45, 7) is 12.2. The van der Waals surface area contributed by atoms with Gasteiger partial charge in [0.25, 0.3) is 0 Å². The van der Waals surface area contributed by atoms with E-state index in [2.05, 4.69) is 54.1 Å². The first-order chi connectivity index (χ1) is 14.0. The van der Waals surface area contributed by atoms with E-state index in [9.17, 15) is 4.79 Å². The summed E-state index contributed by atoms with van der Waals surface area (Å²) in [5.41, 5.74) is 4.10. The molecule has 0 bridgehead atoms. The van der Waals surface area contributed by atoms with Crippen molar-refractivity contribution in [1.29, 1.82) is 0 Å². The first kappa shape index (κ1) is 20.7. The molecule has 3 aliphatic rings. The summed E-state index contributed by atoms with van der Waals surface area (Å²) in [5.74, 6) is 2.08. The number of nitrogens with one attached hydrogen (secondary N) is 1. The third kappa shape index (κ3) is 5.14. The lowest BCUT2D eigenvalue weighted by Crippen LogP contribution is -2.47. The number of hydrogen-bond donors (Lipinski definition) is 1. The van der Waals surface area contributed by atoms with Crippen LogP contribution in [-0.4, -0.2) is 49.6 Å². The molecule has 3 fully saturated rings. The zero-order valence-electron chi connectivity index (χ0n) is 18.6. The number of nitrogens with zero attached hydrogens (tertiary/aromatic N) is 2. The van der Waals surface area contributed by atoms with E-state index >= 15 is 0 Å². The Morgan fingerprint density at radius 1 is 1.07 bits per heavy atom. The monoisotopic (exact) mass is 397 g/mol. The topological polar surface area (TPSA) is 35.6 Å². The van der Waals surface area contributed by atoms with Crippen LogP contribution in [0.25, 0.3) is 0 Å². The van der Waals surface area contributed by atoms with Gasteiger partial charge in [-0.1, -0.05) is 25.5 Å². The number of hydrogen-bond acceptors (Lipinski definition) is 3.